The van der Waals surface area contributed by atoms with Crippen molar-refractivity contribution in [3.8, 4) is 0 Å². The van der Waals surface area contributed by atoms with E-state index < -0.39 is 23.9 Å². The Morgan fingerprint density at radius 1 is 0.583 bits per heavy atom. The molecule has 0 amide bonds. The first kappa shape index (κ1) is 32.6. The third kappa shape index (κ3) is 178. The van der Waals surface area contributed by atoms with Gasteiger partial charge in [-0.1, -0.05) is 26.3 Å². The van der Waals surface area contributed by atoms with Crippen LogP contribution in [0.4, 0.5) is 0 Å². The van der Waals surface area contributed by atoms with Crippen molar-refractivity contribution in [1.82, 2.24) is 0 Å². The van der Waals surface area contributed by atoms with Crippen LogP contribution in [0.25, 0.3) is 0 Å². The van der Waals surface area contributed by atoms with E-state index in [1.165, 1.54) is 0 Å². The largest absolute Gasteiger partial charge is 0.478 e. The summed E-state index contributed by atoms with van der Waals surface area (Å²) in [6.45, 7) is 13.0. The summed E-state index contributed by atoms with van der Waals surface area (Å²) in [5.41, 5.74) is 9.81. The summed E-state index contributed by atoms with van der Waals surface area (Å²) in [6, 6.07) is 0. The minimum absolute atomic E-state index is 0.597. The number of rotatable bonds is 5. The Kier molecular flexibility index (Phi) is 43.4. The van der Waals surface area contributed by atoms with E-state index in [2.05, 4.69) is 26.3 Å². The van der Waals surface area contributed by atoms with Gasteiger partial charge in [0.25, 0.3) is 0 Å². The van der Waals surface area contributed by atoms with Crippen LogP contribution in [-0.4, -0.2) is 57.4 Å². The number of nitrogens with two attached hydrogens (primary N) is 2. The van der Waals surface area contributed by atoms with Crippen molar-refractivity contribution < 1.29 is 39.6 Å². The normalized spacial score (nSPS) is 6.58. The van der Waals surface area contributed by atoms with Crippen LogP contribution in [0.1, 0.15) is 0 Å². The van der Waals surface area contributed by atoms with Crippen LogP contribution in [0.15, 0.2) is 50.6 Å². The highest BCUT2D eigenvalue weighted by atomic mass is 16.4. The fourth-order valence-corrected chi connectivity index (χ4v) is 0. The Morgan fingerprint density at radius 3 is 0.667 bits per heavy atom. The molecule has 0 atom stereocenters. The number of carboxylic acid groups (broad SMARTS) is 4. The lowest BCUT2D eigenvalue weighted by molar-refractivity contribution is -0.132. The highest BCUT2D eigenvalue weighted by Gasteiger charge is 1.74. The van der Waals surface area contributed by atoms with Crippen molar-refractivity contribution in [3.05, 3.63) is 50.6 Å². The van der Waals surface area contributed by atoms with Gasteiger partial charge in [-0.05, 0) is 0 Å². The molecule has 0 bridgehead atoms. The molecule has 0 saturated carbocycles. The van der Waals surface area contributed by atoms with Crippen molar-refractivity contribution in [3.63, 3.8) is 0 Å². The first-order chi connectivity index (χ1) is 11.0. The maximum atomic E-state index is 9.25. The molecule has 0 fully saturated rings. The third-order valence-electron chi connectivity index (χ3n) is 0.865. The molecule has 0 aromatic heterocycles. The van der Waals surface area contributed by atoms with Crippen molar-refractivity contribution in [2.24, 2.45) is 11.5 Å². The lowest BCUT2D eigenvalue weighted by Gasteiger charge is -1.72. The van der Waals surface area contributed by atoms with Crippen LogP contribution in [0, 0.1) is 0 Å². The summed E-state index contributed by atoms with van der Waals surface area (Å²) < 4.78 is 0. The molecule has 24 heavy (non-hydrogen) atoms. The van der Waals surface area contributed by atoms with E-state index in [1.54, 1.807) is 0 Å². The monoisotopic (exact) mass is 348 g/mol. The van der Waals surface area contributed by atoms with Crippen LogP contribution in [0.2, 0.25) is 0 Å². The maximum Gasteiger partial charge on any atom is 0.327 e. The summed E-state index contributed by atoms with van der Waals surface area (Å²) in [4.78, 5) is 37.0. The smallest absolute Gasteiger partial charge is 0.327 e. The Bertz CT molecular complexity index is 332. The molecule has 0 aliphatic carbocycles. The first-order valence-electron chi connectivity index (χ1n) is 5.82. The topological polar surface area (TPSA) is 201 Å². The Balaban J connectivity index is -0.0000000628. The van der Waals surface area contributed by atoms with E-state index in [9.17, 15) is 19.2 Å². The maximum absolute atomic E-state index is 9.25. The molecule has 138 valence electrons. The lowest BCUT2D eigenvalue weighted by Crippen LogP contribution is -2.11. The molecule has 10 nitrogen and oxygen atoms in total. The SMILES string of the molecule is C=CC(=O)O.C=CC(=O)O.C=CC(=O)O.C=CC(=O)O.NCCN. The van der Waals surface area contributed by atoms with Crippen LogP contribution in [-0.2, 0) is 19.2 Å². The van der Waals surface area contributed by atoms with Crippen LogP contribution < -0.4 is 11.5 Å². The first-order valence-corrected chi connectivity index (χ1v) is 5.82. The molecule has 0 aliphatic heterocycles. The second-order valence-electron chi connectivity index (χ2n) is 2.75. The zero-order chi connectivity index (χ0) is 20.6. The number of carbonyl (C=O) groups is 4. The highest BCUT2D eigenvalue weighted by molar-refractivity contribution is 5.79. The van der Waals surface area contributed by atoms with Crippen LogP contribution >= 0.6 is 0 Å². The molecule has 0 saturated heterocycles. The molecule has 0 spiro atoms. The quantitative estimate of drug-likeness (QED) is 0.365. The standard InChI is InChI=1S/4C3H4O2.C2H8N2/c4*1-2-3(4)5;3-1-2-4/h4*2H,1H2,(H,4,5);1-4H2. The summed E-state index contributed by atoms with van der Waals surface area (Å²) >= 11 is 0. The second kappa shape index (κ2) is 31.9. The molecule has 0 aromatic carbocycles. The molecule has 0 unspecified atom stereocenters. The average molecular weight is 348 g/mol. The summed E-state index contributed by atoms with van der Waals surface area (Å²) in [7, 11) is 0. The van der Waals surface area contributed by atoms with E-state index in [-0.39, 0.29) is 0 Å². The number of hydrogen-bond donors (Lipinski definition) is 6. The minimum Gasteiger partial charge on any atom is -0.478 e. The van der Waals surface area contributed by atoms with E-state index in [0.29, 0.717) is 13.1 Å². The summed E-state index contributed by atoms with van der Waals surface area (Å²) in [5, 5.41) is 30.4. The average Bonchev–Trinajstić information content (AvgIpc) is 2.56. The van der Waals surface area contributed by atoms with Gasteiger partial charge in [0.15, 0.2) is 0 Å². The number of aliphatic carboxylic acids is 4. The van der Waals surface area contributed by atoms with Gasteiger partial charge in [-0.3, -0.25) is 0 Å². The van der Waals surface area contributed by atoms with Crippen LogP contribution in [0.3, 0.4) is 0 Å². The van der Waals surface area contributed by atoms with Gasteiger partial charge in [0.2, 0.25) is 0 Å². The molecule has 0 rings (SSSR count). The Labute approximate surface area is 139 Å². The van der Waals surface area contributed by atoms with Crippen LogP contribution in [0.5, 0.6) is 0 Å². The van der Waals surface area contributed by atoms with Gasteiger partial charge >= 0.3 is 23.9 Å². The zero-order valence-electron chi connectivity index (χ0n) is 13.1. The van der Waals surface area contributed by atoms with Gasteiger partial charge in [-0.25, -0.2) is 19.2 Å². The van der Waals surface area contributed by atoms with Gasteiger partial charge in [0.05, 0.1) is 0 Å². The van der Waals surface area contributed by atoms with Gasteiger partial charge in [-0.15, -0.1) is 0 Å². The molecule has 0 aromatic rings. The number of carboxylic acids is 4. The lowest BCUT2D eigenvalue weighted by atomic mass is 10.7. The third-order valence-corrected chi connectivity index (χ3v) is 0.865. The van der Waals surface area contributed by atoms with E-state index in [1.807, 2.05) is 0 Å². The molecule has 0 aliphatic rings. The minimum atomic E-state index is -0.981. The predicted molar refractivity (Wildman–Crippen MR) is 89.4 cm³/mol. The van der Waals surface area contributed by atoms with Gasteiger partial charge in [0.1, 0.15) is 0 Å². The number of hydrogen-bond acceptors (Lipinski definition) is 6. The fraction of sp³-hybridized carbons (Fsp3) is 0.143. The molecule has 0 radical (unpaired) electrons. The fourth-order valence-electron chi connectivity index (χ4n) is 0. The molecular formula is C14H24N2O8. The molecular weight excluding hydrogens is 324 g/mol. The second-order valence-corrected chi connectivity index (χ2v) is 2.75. The van der Waals surface area contributed by atoms with Crippen molar-refractivity contribution in [2.45, 2.75) is 0 Å². The molecule has 8 N–H and O–H groups in total. The summed E-state index contributed by atoms with van der Waals surface area (Å²) in [6.07, 6.45) is 3.33. The van der Waals surface area contributed by atoms with E-state index in [0.717, 1.165) is 24.3 Å². The Morgan fingerprint density at radius 2 is 0.667 bits per heavy atom. The summed E-state index contributed by atoms with van der Waals surface area (Å²) in [5.74, 6) is -3.93. The van der Waals surface area contributed by atoms with E-state index >= 15 is 0 Å². The van der Waals surface area contributed by atoms with Gasteiger partial charge in [0, 0.05) is 37.4 Å². The van der Waals surface area contributed by atoms with Gasteiger partial charge < -0.3 is 31.9 Å². The van der Waals surface area contributed by atoms with Gasteiger partial charge in [-0.2, -0.15) is 0 Å². The predicted octanol–water partition coefficient (Wildman–Crippen LogP) is -0.0682. The molecule has 10 heteroatoms. The molecule has 0 heterocycles. The zero-order valence-corrected chi connectivity index (χ0v) is 13.1. The van der Waals surface area contributed by atoms with E-state index in [4.69, 9.17) is 31.9 Å². The van der Waals surface area contributed by atoms with Crippen molar-refractivity contribution in [2.75, 3.05) is 13.1 Å². The highest BCUT2D eigenvalue weighted by Crippen LogP contribution is 1.56. The van der Waals surface area contributed by atoms with Crippen molar-refractivity contribution in [1.29, 1.82) is 0 Å². The Hall–Kier alpha value is -3.24. The van der Waals surface area contributed by atoms with Crippen molar-refractivity contribution >= 4 is 23.9 Å².